The molecule has 0 aliphatic carbocycles. The summed E-state index contributed by atoms with van der Waals surface area (Å²) in [4.78, 5) is 0.488. The van der Waals surface area contributed by atoms with Crippen LogP contribution in [0.25, 0.3) is 0 Å². The fourth-order valence-electron chi connectivity index (χ4n) is 2.23. The van der Waals surface area contributed by atoms with Crippen LogP contribution in [0, 0.1) is 5.92 Å². The molecule has 1 fully saturated rings. The molecule has 1 aliphatic heterocycles. The van der Waals surface area contributed by atoms with Gasteiger partial charge in [-0.05, 0) is 43.5 Å². The molecule has 0 bridgehead atoms. The monoisotopic (exact) mass is 239 g/mol. The Balaban J connectivity index is 2.26. The lowest BCUT2D eigenvalue weighted by atomic mass is 9.99. The zero-order valence-corrected chi connectivity index (χ0v) is 10.3. The molecule has 1 saturated heterocycles. The van der Waals surface area contributed by atoms with Crippen molar-refractivity contribution < 1.29 is 8.42 Å². The van der Waals surface area contributed by atoms with Crippen LogP contribution >= 0.6 is 0 Å². The molecule has 0 radical (unpaired) electrons. The Hall–Kier alpha value is -0.870. The summed E-state index contributed by atoms with van der Waals surface area (Å²) in [6.07, 6.45) is 3.27. The maximum atomic E-state index is 11.6. The van der Waals surface area contributed by atoms with E-state index in [-0.39, 0.29) is 0 Å². The molecule has 0 amide bonds. The first-order valence-electron chi connectivity index (χ1n) is 5.56. The lowest BCUT2D eigenvalue weighted by Crippen LogP contribution is -2.12. The van der Waals surface area contributed by atoms with Crippen molar-refractivity contribution >= 4 is 9.84 Å². The van der Waals surface area contributed by atoms with E-state index in [9.17, 15) is 8.42 Å². The van der Waals surface area contributed by atoms with Gasteiger partial charge in [0, 0.05) is 6.26 Å². The number of nitrogens with one attached hydrogen (secondary N) is 1. The molecule has 4 heteroatoms. The predicted octanol–water partition coefficient (Wildman–Crippen LogP) is 1.24. The third-order valence-corrected chi connectivity index (χ3v) is 4.24. The third-order valence-electron chi connectivity index (χ3n) is 3.04. The first kappa shape index (κ1) is 11.6. The Morgan fingerprint density at radius 2 is 2.12 bits per heavy atom. The van der Waals surface area contributed by atoms with Crippen molar-refractivity contribution in [3.05, 3.63) is 29.8 Å². The molecule has 1 aliphatic rings. The van der Waals surface area contributed by atoms with Gasteiger partial charge in [0.1, 0.15) is 0 Å². The van der Waals surface area contributed by atoms with Gasteiger partial charge in [-0.1, -0.05) is 18.2 Å². The molecule has 0 aromatic heterocycles. The van der Waals surface area contributed by atoms with Gasteiger partial charge in [0.25, 0.3) is 0 Å². The van der Waals surface area contributed by atoms with Crippen LogP contribution in [0.5, 0.6) is 0 Å². The fraction of sp³-hybridized carbons (Fsp3) is 0.500. The van der Waals surface area contributed by atoms with E-state index >= 15 is 0 Å². The van der Waals surface area contributed by atoms with E-state index < -0.39 is 9.84 Å². The molecular weight excluding hydrogens is 222 g/mol. The van der Waals surface area contributed by atoms with Crippen LogP contribution in [0.1, 0.15) is 12.0 Å². The number of benzene rings is 1. The zero-order valence-electron chi connectivity index (χ0n) is 9.44. The molecular formula is C12H17NO2S. The molecule has 1 aromatic carbocycles. The molecule has 1 aromatic rings. The Morgan fingerprint density at radius 3 is 2.75 bits per heavy atom. The summed E-state index contributed by atoms with van der Waals surface area (Å²) in [6, 6.07) is 7.32. The summed E-state index contributed by atoms with van der Waals surface area (Å²) in [5, 5.41) is 3.30. The average molecular weight is 239 g/mol. The molecule has 0 spiro atoms. The van der Waals surface area contributed by atoms with E-state index in [4.69, 9.17) is 0 Å². The van der Waals surface area contributed by atoms with Crippen molar-refractivity contribution in [2.24, 2.45) is 5.92 Å². The van der Waals surface area contributed by atoms with Crippen LogP contribution in [-0.4, -0.2) is 27.8 Å². The highest BCUT2D eigenvalue weighted by atomic mass is 32.2. The van der Waals surface area contributed by atoms with Crippen LogP contribution in [-0.2, 0) is 16.3 Å². The second-order valence-electron chi connectivity index (χ2n) is 4.44. The second kappa shape index (κ2) is 4.55. The van der Waals surface area contributed by atoms with Crippen molar-refractivity contribution in [3.8, 4) is 0 Å². The van der Waals surface area contributed by atoms with Crippen molar-refractivity contribution in [1.82, 2.24) is 5.32 Å². The van der Waals surface area contributed by atoms with Crippen LogP contribution < -0.4 is 5.32 Å². The first-order valence-corrected chi connectivity index (χ1v) is 7.45. The minimum Gasteiger partial charge on any atom is -0.316 e. The summed E-state index contributed by atoms with van der Waals surface area (Å²) >= 11 is 0. The largest absolute Gasteiger partial charge is 0.316 e. The van der Waals surface area contributed by atoms with Gasteiger partial charge in [-0.15, -0.1) is 0 Å². The quantitative estimate of drug-likeness (QED) is 0.863. The second-order valence-corrected chi connectivity index (χ2v) is 6.43. The Bertz CT molecular complexity index is 462. The van der Waals surface area contributed by atoms with Gasteiger partial charge in [0.2, 0.25) is 0 Å². The lowest BCUT2D eigenvalue weighted by Gasteiger charge is -2.11. The van der Waals surface area contributed by atoms with E-state index in [1.54, 1.807) is 12.1 Å². The Kier molecular flexibility index (Phi) is 3.30. The molecule has 1 N–H and O–H groups in total. The Morgan fingerprint density at radius 1 is 1.38 bits per heavy atom. The van der Waals surface area contributed by atoms with Gasteiger partial charge in [-0.25, -0.2) is 8.42 Å². The van der Waals surface area contributed by atoms with E-state index in [1.165, 1.54) is 6.26 Å². The molecule has 16 heavy (non-hydrogen) atoms. The van der Waals surface area contributed by atoms with Crippen molar-refractivity contribution in [2.45, 2.75) is 17.7 Å². The van der Waals surface area contributed by atoms with Crippen molar-refractivity contribution in [2.75, 3.05) is 19.3 Å². The van der Waals surface area contributed by atoms with Crippen molar-refractivity contribution in [3.63, 3.8) is 0 Å². The minimum atomic E-state index is -3.10. The van der Waals surface area contributed by atoms with E-state index in [2.05, 4.69) is 5.32 Å². The average Bonchev–Trinajstić information content (AvgIpc) is 2.70. The van der Waals surface area contributed by atoms with E-state index in [0.29, 0.717) is 10.8 Å². The number of rotatable bonds is 3. The lowest BCUT2D eigenvalue weighted by molar-refractivity contribution is 0.569. The Labute approximate surface area is 96.8 Å². The molecule has 3 nitrogen and oxygen atoms in total. The van der Waals surface area contributed by atoms with Gasteiger partial charge in [0.05, 0.1) is 4.90 Å². The minimum absolute atomic E-state index is 0.488. The standard InChI is InChI=1S/C12H17NO2S/c1-16(14,15)12-5-3-2-4-11(12)8-10-6-7-13-9-10/h2-5,10,13H,6-9H2,1H3. The topological polar surface area (TPSA) is 46.2 Å². The van der Waals surface area contributed by atoms with Crippen LogP contribution in [0.3, 0.4) is 0 Å². The fourth-order valence-corrected chi connectivity index (χ4v) is 3.19. The highest BCUT2D eigenvalue weighted by Crippen LogP contribution is 2.21. The third kappa shape index (κ3) is 2.62. The molecule has 1 atom stereocenters. The van der Waals surface area contributed by atoms with Crippen molar-refractivity contribution in [1.29, 1.82) is 0 Å². The van der Waals surface area contributed by atoms with Gasteiger partial charge < -0.3 is 5.32 Å². The smallest absolute Gasteiger partial charge is 0.175 e. The van der Waals surface area contributed by atoms with E-state index in [0.717, 1.165) is 31.5 Å². The summed E-state index contributed by atoms with van der Waals surface area (Å²) in [5.74, 6) is 0.572. The van der Waals surface area contributed by atoms with Crippen LogP contribution in [0.4, 0.5) is 0 Å². The van der Waals surface area contributed by atoms with Gasteiger partial charge in [0.15, 0.2) is 9.84 Å². The highest BCUT2D eigenvalue weighted by Gasteiger charge is 2.19. The predicted molar refractivity (Wildman–Crippen MR) is 64.2 cm³/mol. The summed E-state index contributed by atoms with van der Waals surface area (Å²) in [6.45, 7) is 2.05. The molecule has 2 rings (SSSR count). The molecule has 1 heterocycles. The normalized spacial score (nSPS) is 21.2. The maximum Gasteiger partial charge on any atom is 0.175 e. The van der Waals surface area contributed by atoms with Crippen LogP contribution in [0.15, 0.2) is 29.2 Å². The van der Waals surface area contributed by atoms with Gasteiger partial charge in [-0.2, -0.15) is 0 Å². The molecule has 0 saturated carbocycles. The van der Waals surface area contributed by atoms with Gasteiger partial charge >= 0.3 is 0 Å². The number of sulfone groups is 1. The zero-order chi connectivity index (χ0) is 11.6. The first-order chi connectivity index (χ1) is 7.57. The number of hydrogen-bond acceptors (Lipinski definition) is 3. The highest BCUT2D eigenvalue weighted by molar-refractivity contribution is 7.90. The SMILES string of the molecule is CS(=O)(=O)c1ccccc1CC1CCNC1. The van der Waals surface area contributed by atoms with Crippen LogP contribution in [0.2, 0.25) is 0 Å². The number of hydrogen-bond donors (Lipinski definition) is 1. The maximum absolute atomic E-state index is 11.6. The summed E-state index contributed by atoms with van der Waals surface area (Å²) in [7, 11) is -3.10. The molecule has 1 unspecified atom stereocenters. The summed E-state index contributed by atoms with van der Waals surface area (Å²) < 4.78 is 23.2. The molecule has 88 valence electrons. The summed E-state index contributed by atoms with van der Waals surface area (Å²) in [5.41, 5.74) is 0.957. The van der Waals surface area contributed by atoms with Gasteiger partial charge in [-0.3, -0.25) is 0 Å². The van der Waals surface area contributed by atoms with E-state index in [1.807, 2.05) is 12.1 Å².